The third kappa shape index (κ3) is 15.5. The highest BCUT2D eigenvalue weighted by Crippen LogP contribution is 2.26. The lowest BCUT2D eigenvalue weighted by Crippen LogP contribution is -2.62. The average molecular weight is 729 g/mol. The Morgan fingerprint density at radius 1 is 1.15 bits per heavy atom. The van der Waals surface area contributed by atoms with Gasteiger partial charge in [-0.15, -0.1) is 26.0 Å². The molecule has 1 aromatic heterocycles. The molecule has 2 atom stereocenters. The number of rotatable bonds is 12. The Labute approximate surface area is 317 Å². The molecular formula is C41H60N8O4. The predicted molar refractivity (Wildman–Crippen MR) is 217 cm³/mol. The van der Waals surface area contributed by atoms with Crippen LogP contribution >= 0.6 is 0 Å². The SMILES string of the molecule is C#C.C=C.C=Cc1c(CN2CC(N)N(C(=O)CN(Cc3cc(C4CCCN4)no3)NCc3ccccc3)CC2=O)cccc1N=C.C=O.CC.CCC. The maximum Gasteiger partial charge on any atom is 0.242 e. The Morgan fingerprint density at radius 2 is 1.81 bits per heavy atom. The van der Waals surface area contributed by atoms with Gasteiger partial charge in [-0.2, -0.15) is 0 Å². The Kier molecular flexibility index (Phi) is 25.6. The lowest BCUT2D eigenvalue weighted by molar-refractivity contribution is -0.150. The van der Waals surface area contributed by atoms with Crippen molar-refractivity contribution < 1.29 is 18.9 Å². The van der Waals surface area contributed by atoms with Gasteiger partial charge in [0.15, 0.2) is 5.76 Å². The molecule has 12 nitrogen and oxygen atoms in total. The molecule has 2 aromatic carbocycles. The molecule has 3 heterocycles. The smallest absolute Gasteiger partial charge is 0.242 e. The fraction of sp³-hybridized carbons (Fsp3) is 0.390. The molecule has 4 N–H and O–H groups in total. The Morgan fingerprint density at radius 3 is 2.40 bits per heavy atom. The molecule has 2 fully saturated rings. The van der Waals surface area contributed by atoms with Gasteiger partial charge < -0.3 is 30.2 Å². The van der Waals surface area contributed by atoms with Crippen molar-refractivity contribution in [3.8, 4) is 12.8 Å². The maximum absolute atomic E-state index is 13.5. The Bertz CT molecular complexity index is 1500. The zero-order chi connectivity index (χ0) is 40.2. The first-order chi connectivity index (χ1) is 25.9. The molecule has 0 aliphatic carbocycles. The van der Waals surface area contributed by atoms with Crippen molar-refractivity contribution >= 4 is 37.1 Å². The van der Waals surface area contributed by atoms with Crippen molar-refractivity contribution in [2.75, 3.05) is 26.2 Å². The maximum atomic E-state index is 13.5. The van der Waals surface area contributed by atoms with Gasteiger partial charge >= 0.3 is 0 Å². The molecule has 2 aliphatic heterocycles. The minimum atomic E-state index is -0.649. The fourth-order valence-corrected chi connectivity index (χ4v) is 5.45. The standard InChI is InChI=1S/C31H38N8O3.C3H8.C2H6.C2H4.C2H2.CH2O/c1-3-25-23(11-7-12-26(25)33-2)17-37-19-29(32)39(21-30(37)40)31(41)20-38(35-16-22-9-5-4-6-10-22)18-24-15-28(36-42-24)27-13-8-14-34-27;1-3-2;4*1-2/h3-7,9-12,15,27,29,34-35H,1-2,8,13-14,16-21,32H2;3H2,1-2H3;1-2H3;1-2H2;1-2H;1H2. The van der Waals surface area contributed by atoms with Crippen LogP contribution in [0.5, 0.6) is 0 Å². The minimum Gasteiger partial charge on any atom is -0.360 e. The average Bonchev–Trinajstić information content (AvgIpc) is 3.92. The summed E-state index contributed by atoms with van der Waals surface area (Å²) in [6.07, 6.45) is 12.4. The fourth-order valence-electron chi connectivity index (χ4n) is 5.45. The molecule has 2 aliphatic rings. The van der Waals surface area contributed by atoms with Crippen molar-refractivity contribution in [2.24, 2.45) is 10.7 Å². The number of nitrogens with one attached hydrogen (secondary N) is 2. The number of aromatic nitrogens is 1. The number of piperazine rings is 1. The highest BCUT2D eigenvalue weighted by molar-refractivity contribution is 5.87. The molecule has 3 aromatic rings. The summed E-state index contributed by atoms with van der Waals surface area (Å²) in [6.45, 7) is 26.0. The summed E-state index contributed by atoms with van der Waals surface area (Å²) in [5, 5.41) is 9.47. The third-order valence-corrected chi connectivity index (χ3v) is 7.71. The largest absolute Gasteiger partial charge is 0.360 e. The van der Waals surface area contributed by atoms with Crippen LogP contribution in [0.2, 0.25) is 0 Å². The summed E-state index contributed by atoms with van der Waals surface area (Å²) in [6, 6.07) is 17.7. The van der Waals surface area contributed by atoms with Gasteiger partial charge in [-0.05, 0) is 43.3 Å². The molecule has 288 valence electrons. The van der Waals surface area contributed by atoms with Gasteiger partial charge in [-0.1, -0.05) is 94.4 Å². The number of amides is 2. The molecule has 2 saturated heterocycles. The van der Waals surface area contributed by atoms with Gasteiger partial charge in [0.2, 0.25) is 11.8 Å². The highest BCUT2D eigenvalue weighted by Gasteiger charge is 2.34. The molecule has 0 bridgehead atoms. The summed E-state index contributed by atoms with van der Waals surface area (Å²) in [5.41, 5.74) is 14.2. The topological polar surface area (TPSA) is 149 Å². The van der Waals surface area contributed by atoms with E-state index in [2.05, 4.69) is 74.0 Å². The lowest BCUT2D eigenvalue weighted by atomic mass is 10.0. The monoisotopic (exact) mass is 728 g/mol. The summed E-state index contributed by atoms with van der Waals surface area (Å²) in [4.78, 5) is 41.9. The lowest BCUT2D eigenvalue weighted by Gasteiger charge is -2.40. The van der Waals surface area contributed by atoms with Crippen LogP contribution in [0.25, 0.3) is 6.08 Å². The Balaban J connectivity index is 0.00000224. The van der Waals surface area contributed by atoms with Crippen molar-refractivity contribution in [3.05, 3.63) is 102 Å². The highest BCUT2D eigenvalue weighted by atomic mass is 16.5. The number of terminal acetylenes is 1. The summed E-state index contributed by atoms with van der Waals surface area (Å²) >= 11 is 0. The predicted octanol–water partition coefficient (Wildman–Crippen LogP) is 6.05. The number of nitrogens with two attached hydrogens (primary N) is 1. The summed E-state index contributed by atoms with van der Waals surface area (Å²) in [5.74, 6) is 0.217. The first-order valence-corrected chi connectivity index (χ1v) is 17.7. The van der Waals surface area contributed by atoms with E-state index in [0.717, 1.165) is 41.8 Å². The molecule has 0 saturated carbocycles. The van der Waals surface area contributed by atoms with Crippen molar-refractivity contribution in [3.63, 3.8) is 0 Å². The van der Waals surface area contributed by atoms with E-state index in [1.807, 2.05) is 75.2 Å². The van der Waals surface area contributed by atoms with Crippen molar-refractivity contribution in [2.45, 2.75) is 78.8 Å². The molecule has 2 amide bonds. The van der Waals surface area contributed by atoms with E-state index in [4.69, 9.17) is 15.1 Å². The van der Waals surface area contributed by atoms with Crippen LogP contribution in [0.15, 0.2) is 83.8 Å². The molecule has 0 spiro atoms. The van der Waals surface area contributed by atoms with Gasteiger partial charge in [-0.25, -0.2) is 10.4 Å². The number of hydrazine groups is 1. The molecule has 12 heteroatoms. The zero-order valence-corrected chi connectivity index (χ0v) is 32.1. The first-order valence-electron chi connectivity index (χ1n) is 17.7. The normalized spacial score (nSPS) is 15.7. The van der Waals surface area contributed by atoms with E-state index in [1.165, 1.54) is 11.3 Å². The van der Waals surface area contributed by atoms with Crippen molar-refractivity contribution in [1.29, 1.82) is 0 Å². The number of aliphatic imine (C=N–C) groups is 1. The van der Waals surface area contributed by atoms with Crippen LogP contribution < -0.4 is 16.5 Å². The number of carbonyl (C=O) groups is 3. The van der Waals surface area contributed by atoms with Crippen LogP contribution in [0.4, 0.5) is 5.69 Å². The second-order valence-corrected chi connectivity index (χ2v) is 11.3. The second kappa shape index (κ2) is 28.4. The first kappa shape index (κ1) is 47.8. The minimum absolute atomic E-state index is 0.000806. The van der Waals surface area contributed by atoms with Crippen LogP contribution in [-0.2, 0) is 34.0 Å². The number of benzene rings is 2. The van der Waals surface area contributed by atoms with E-state index in [0.29, 0.717) is 31.1 Å². The van der Waals surface area contributed by atoms with E-state index in [9.17, 15) is 9.59 Å². The number of nitrogens with zero attached hydrogens (tertiary/aromatic N) is 5. The molecule has 5 rings (SSSR count). The number of hydrogen-bond donors (Lipinski definition) is 3. The van der Waals surface area contributed by atoms with Crippen LogP contribution in [0.1, 0.15) is 81.1 Å². The molecule has 53 heavy (non-hydrogen) atoms. The van der Waals surface area contributed by atoms with E-state index in [1.54, 1.807) is 16.0 Å². The van der Waals surface area contributed by atoms with Gasteiger partial charge in [-0.3, -0.25) is 14.6 Å². The van der Waals surface area contributed by atoms with Crippen LogP contribution in [0.3, 0.4) is 0 Å². The Hall–Kier alpha value is -5.19. The summed E-state index contributed by atoms with van der Waals surface area (Å²) < 4.78 is 5.63. The van der Waals surface area contributed by atoms with Gasteiger partial charge in [0.05, 0.1) is 37.5 Å². The van der Waals surface area contributed by atoms with Gasteiger partial charge in [0.25, 0.3) is 0 Å². The molecule has 0 radical (unpaired) electrons. The molecule has 2 unspecified atom stereocenters. The number of carbonyl (C=O) groups excluding carboxylic acids is 3. The van der Waals surface area contributed by atoms with Crippen LogP contribution in [0, 0.1) is 12.8 Å². The number of hydrogen-bond acceptors (Lipinski definition) is 10. The molecular weight excluding hydrogens is 669 g/mol. The van der Waals surface area contributed by atoms with E-state index >= 15 is 0 Å². The van der Waals surface area contributed by atoms with E-state index < -0.39 is 6.17 Å². The van der Waals surface area contributed by atoms with Crippen molar-refractivity contribution in [1.82, 2.24) is 30.7 Å². The second-order valence-electron chi connectivity index (χ2n) is 11.3. The quantitative estimate of drug-likeness (QED) is 0.0878. The summed E-state index contributed by atoms with van der Waals surface area (Å²) in [7, 11) is 0. The van der Waals surface area contributed by atoms with Gasteiger partial charge in [0.1, 0.15) is 19.0 Å². The van der Waals surface area contributed by atoms with E-state index in [-0.39, 0.29) is 37.5 Å². The zero-order valence-electron chi connectivity index (χ0n) is 32.1. The third-order valence-electron chi connectivity index (χ3n) is 7.71. The van der Waals surface area contributed by atoms with Gasteiger partial charge in [0, 0.05) is 24.7 Å². The van der Waals surface area contributed by atoms with Crippen LogP contribution in [-0.4, -0.2) is 77.6 Å².